The van der Waals surface area contributed by atoms with E-state index in [1.165, 1.54) is 39.5 Å². The van der Waals surface area contributed by atoms with Crippen molar-refractivity contribution in [2.45, 2.75) is 253 Å². The molecule has 7 aliphatic heterocycles. The maximum absolute atomic E-state index is 12.3. The second-order valence-corrected chi connectivity index (χ2v) is 30.9. The zero-order chi connectivity index (χ0) is 92.2. The number of nitrogens with one attached hydrogen (secondary N) is 4. The smallest absolute Gasteiger partial charge is 0.305 e. The lowest BCUT2D eigenvalue weighted by molar-refractivity contribution is -0.272. The van der Waals surface area contributed by atoms with E-state index in [0.29, 0.717) is 140 Å². The molecular weight excluding hydrogens is 1650 g/mol. The number of hydrogen-bond acceptors (Lipinski definition) is 34. The number of likely N-dealkylation sites (tertiary alicyclic amines) is 1. The van der Waals surface area contributed by atoms with Gasteiger partial charge in [0.2, 0.25) is 42.1 Å². The van der Waals surface area contributed by atoms with E-state index in [0.717, 1.165) is 30.7 Å². The van der Waals surface area contributed by atoms with Gasteiger partial charge in [-0.15, -0.1) is 5.10 Å². The molecule has 0 saturated carbocycles. The van der Waals surface area contributed by atoms with Crippen molar-refractivity contribution >= 4 is 47.3 Å². The molecule has 10 N–H and O–H groups in total. The van der Waals surface area contributed by atoms with Crippen molar-refractivity contribution in [1.82, 2.24) is 41.2 Å². The van der Waals surface area contributed by atoms with E-state index in [4.69, 9.17) is 86.9 Å². The normalized spacial score (nSPS) is 30.2. The Balaban J connectivity index is 0.000000291. The van der Waals surface area contributed by atoms with E-state index < -0.39 is 105 Å². The summed E-state index contributed by atoms with van der Waals surface area (Å²) in [5.41, 5.74) is 18.1. The van der Waals surface area contributed by atoms with Crippen molar-refractivity contribution in [3.63, 3.8) is 0 Å². The van der Waals surface area contributed by atoms with Gasteiger partial charge in [-0.1, -0.05) is 89.9 Å². The van der Waals surface area contributed by atoms with Crippen LogP contribution in [0.4, 0.5) is 0 Å². The summed E-state index contributed by atoms with van der Waals surface area (Å²) in [6, 6.07) is 4.64. The van der Waals surface area contributed by atoms with Crippen molar-refractivity contribution in [2.24, 2.45) is 50.7 Å². The standard InChI is InChI=1S/C26H35N5O10.C17H32N4O5.C14H26N4O8.C13H23NO4.C11H19NO2/c1-16(33)27-22-24(36)23(35)20(15-32)41-26(22)40-13-12-39-11-10-38-9-8-30-14-19(28-29-30)17-2-4-18(5-3-17)25(37)31-7-6-21(31)34;1-5-15-12(2)13(3)16(20-14(4)22)17(26-15)25-11-10-24-9-8-23-7-6-19-21-18;1-9(20)17-11-13(22)12(21)10(8-19)26-14(11)25-7-6-24-5-4-23-3-2-16-18-15;1-6-11-7(2)8(3)12(14-9(4)15)13(18-11)17-10(5)16;1-5-9-6(2)7(3)10-11(14-9)13-8(4)12-10/h2-5,14,20,22-24,26,32,35-36H,6-13,15H2,1H3,(H,27,33);12-13,15-17H,5-11H2,1-4H3,(H,20,22);10-14,19,21-22H,2-8H2,1H3,(H,17,20);7-8,11-13H,6H2,1-5H3,(H,14,15);6-7,9-11H,5H2,1-4H3. The summed E-state index contributed by atoms with van der Waals surface area (Å²) in [6.45, 7) is 32.9. The molecule has 44 nitrogen and oxygen atoms in total. The van der Waals surface area contributed by atoms with E-state index in [1.807, 2.05) is 20.8 Å². The van der Waals surface area contributed by atoms with Crippen molar-refractivity contribution in [2.75, 3.05) is 132 Å². The molecule has 1 aromatic carbocycles. The second kappa shape index (κ2) is 57.9. The second-order valence-electron chi connectivity index (χ2n) is 30.9. The van der Waals surface area contributed by atoms with Gasteiger partial charge in [-0.05, 0) is 78.0 Å². The summed E-state index contributed by atoms with van der Waals surface area (Å²) in [5, 5.41) is 84.5. The van der Waals surface area contributed by atoms with Gasteiger partial charge in [0.1, 0.15) is 60.4 Å². The first-order valence-corrected chi connectivity index (χ1v) is 42.7. The number of aliphatic hydroxyl groups is 6. The summed E-state index contributed by atoms with van der Waals surface area (Å²) in [4.78, 5) is 91.3. The Morgan fingerprint density at radius 1 is 0.504 bits per heavy atom. The Morgan fingerprint density at radius 2 is 0.888 bits per heavy atom. The molecule has 25 unspecified atom stereocenters. The minimum atomic E-state index is -1.37. The molecule has 6 saturated heterocycles. The largest absolute Gasteiger partial charge is 0.450 e. The monoisotopic (exact) mass is 1780 g/mol. The molecule has 708 valence electrons. The Labute approximate surface area is 729 Å². The Kier molecular flexibility index (Phi) is 49.8. The minimum absolute atomic E-state index is 0.0503. The molecule has 125 heavy (non-hydrogen) atoms. The maximum atomic E-state index is 12.3. The molecule has 44 heteroatoms. The number of nitrogens with zero attached hydrogens (tertiary/aromatic N) is 11. The van der Waals surface area contributed by atoms with Crippen molar-refractivity contribution in [1.29, 1.82) is 0 Å². The van der Waals surface area contributed by atoms with Gasteiger partial charge in [0.05, 0.1) is 155 Å². The Hall–Kier alpha value is -7.86. The number of carbonyl (C=O) groups is 7. The molecule has 9 rings (SSSR count). The number of esters is 1. The fourth-order valence-electron chi connectivity index (χ4n) is 14.6. The predicted molar refractivity (Wildman–Crippen MR) is 444 cm³/mol. The van der Waals surface area contributed by atoms with Gasteiger partial charge in [-0.25, -0.2) is 9.67 Å². The number of aliphatic imine (C=N–C) groups is 1. The number of aliphatic hydroxyl groups excluding tert-OH is 6. The highest BCUT2D eigenvalue weighted by Crippen LogP contribution is 2.38. The minimum Gasteiger partial charge on any atom is -0.450 e. The molecule has 2 aromatic rings. The SMILES string of the molecule is CC(=O)NC1C(OCCOCCOCCN=[N+]=[N-])OC(CO)C(O)C1O.CC(=O)NC1C(OCCOCCOCCn2cc(-c3ccc(C(=O)N4CCC4=O)cc3)nn2)OC(CO)C(O)C1O.CCC1OC(OC(C)=O)C(NC(C)=O)C(C)C1C.CCC1OC(OCCOCCOCCN=[N+]=[N-])C(NC(C)=O)C(C)C1C.CCC1OC2OC(C)=NC2C(C)C1C. The molecule has 0 spiro atoms. The molecule has 6 amide bonds. The van der Waals surface area contributed by atoms with Crippen LogP contribution < -0.4 is 21.3 Å². The summed E-state index contributed by atoms with van der Waals surface area (Å²) in [5.74, 6) is 1.06. The van der Waals surface area contributed by atoms with Gasteiger partial charge >= 0.3 is 5.97 Å². The first-order chi connectivity index (χ1) is 59.8. The number of azide groups is 2. The highest BCUT2D eigenvalue weighted by Gasteiger charge is 2.49. The quantitative estimate of drug-likeness (QED) is 0.00868. The third-order valence-electron chi connectivity index (χ3n) is 22.0. The number of carbonyl (C=O) groups excluding carboxylic acids is 7. The molecular formula is C81H135N15O29. The van der Waals surface area contributed by atoms with Gasteiger partial charge in [0, 0.05) is 88.5 Å². The van der Waals surface area contributed by atoms with Crippen LogP contribution >= 0.6 is 0 Å². The highest BCUT2D eigenvalue weighted by atomic mass is 16.7. The fraction of sp³-hybridized carbons (Fsp3) is 0.802. The molecule has 6 fully saturated rings. The van der Waals surface area contributed by atoms with Crippen LogP contribution in [0.5, 0.6) is 0 Å². The number of benzene rings is 1. The number of fused-ring (bicyclic) bond motifs is 1. The van der Waals surface area contributed by atoms with E-state index in [9.17, 15) is 64.2 Å². The van der Waals surface area contributed by atoms with Crippen LogP contribution in [0.15, 0.2) is 45.7 Å². The van der Waals surface area contributed by atoms with E-state index in [1.54, 1.807) is 35.1 Å². The molecule has 0 radical (unpaired) electrons. The van der Waals surface area contributed by atoms with Crippen molar-refractivity contribution in [3.8, 4) is 11.3 Å². The first kappa shape index (κ1) is 108. The highest BCUT2D eigenvalue weighted by molar-refractivity contribution is 6.07. The van der Waals surface area contributed by atoms with Crippen LogP contribution in [0.2, 0.25) is 0 Å². The molecule has 0 aliphatic carbocycles. The maximum Gasteiger partial charge on any atom is 0.305 e. The van der Waals surface area contributed by atoms with Crippen LogP contribution in [-0.4, -0.2) is 346 Å². The molecule has 1 aromatic heterocycles. The third-order valence-corrected chi connectivity index (χ3v) is 22.0. The van der Waals surface area contributed by atoms with Crippen molar-refractivity contribution in [3.05, 3.63) is 56.9 Å². The molecule has 8 heterocycles. The third kappa shape index (κ3) is 35.6. The number of amides is 6. The van der Waals surface area contributed by atoms with Gasteiger partial charge in [-0.3, -0.25) is 38.5 Å². The Morgan fingerprint density at radius 3 is 1.29 bits per heavy atom. The van der Waals surface area contributed by atoms with E-state index in [2.05, 4.69) is 105 Å². The van der Waals surface area contributed by atoms with Crippen molar-refractivity contribution < 1.29 is 140 Å². The zero-order valence-corrected chi connectivity index (χ0v) is 74.5. The summed E-state index contributed by atoms with van der Waals surface area (Å²) in [7, 11) is 0. The summed E-state index contributed by atoms with van der Waals surface area (Å²) < 4.78 is 90.0. The average Bonchev–Trinajstić information content (AvgIpc) is 1.56. The predicted octanol–water partition coefficient (Wildman–Crippen LogP) is 2.53. The number of rotatable bonds is 42. The number of imide groups is 1. The van der Waals surface area contributed by atoms with Crippen LogP contribution in [0, 0.1) is 35.5 Å². The van der Waals surface area contributed by atoms with Crippen LogP contribution in [0.25, 0.3) is 32.1 Å². The summed E-state index contributed by atoms with van der Waals surface area (Å²) >= 11 is 0. The molecule has 7 aliphatic rings. The number of ether oxygens (including phenoxy) is 16. The molecule has 25 atom stereocenters. The number of aromatic nitrogens is 3. The lowest BCUT2D eigenvalue weighted by Gasteiger charge is -2.44. The first-order valence-electron chi connectivity index (χ1n) is 42.7. The fourth-order valence-corrected chi connectivity index (χ4v) is 14.6. The van der Waals surface area contributed by atoms with E-state index in [-0.39, 0.29) is 105 Å². The molecule has 0 bridgehead atoms. The lowest BCUT2D eigenvalue weighted by Crippen LogP contribution is -2.64. The van der Waals surface area contributed by atoms with Crippen LogP contribution in [-0.2, 0) is 111 Å². The topological polar surface area (TPSA) is 581 Å². The van der Waals surface area contributed by atoms with Gasteiger partial charge < -0.3 is 128 Å². The van der Waals surface area contributed by atoms with Gasteiger partial charge in [0.25, 0.3) is 5.91 Å². The summed E-state index contributed by atoms with van der Waals surface area (Å²) in [6.07, 6.45) is -5.43. The van der Waals surface area contributed by atoms with Crippen LogP contribution in [0.1, 0.15) is 140 Å². The average molecular weight is 1780 g/mol. The lowest BCUT2D eigenvalue weighted by atomic mass is 9.81. The van der Waals surface area contributed by atoms with Crippen LogP contribution in [0.3, 0.4) is 0 Å². The van der Waals surface area contributed by atoms with Gasteiger partial charge in [-0.2, -0.15) is 0 Å². The number of β-lactam (4-membered cyclic amide) rings is 1. The zero-order valence-electron chi connectivity index (χ0n) is 74.5. The Bertz CT molecular complexity index is 3580. The van der Waals surface area contributed by atoms with Gasteiger partial charge in [0.15, 0.2) is 24.8 Å². The van der Waals surface area contributed by atoms with E-state index >= 15 is 0 Å². The number of hydrogen-bond donors (Lipinski definition) is 10.